The first kappa shape index (κ1) is 10.3. The Bertz CT molecular complexity index is 271. The van der Waals surface area contributed by atoms with Crippen molar-refractivity contribution in [3.63, 3.8) is 0 Å². The second-order valence-electron chi connectivity index (χ2n) is 2.12. The first-order valence-corrected chi connectivity index (χ1v) is 5.83. The Hall–Kier alpha value is 0.200. The lowest BCUT2D eigenvalue weighted by molar-refractivity contribution is 1.13. The van der Waals surface area contributed by atoms with Crippen LogP contribution < -0.4 is 0 Å². The summed E-state index contributed by atoms with van der Waals surface area (Å²) in [5, 5.41) is 1.01. The van der Waals surface area contributed by atoms with Crippen LogP contribution >= 0.6 is 43.6 Å². The van der Waals surface area contributed by atoms with E-state index in [4.69, 9.17) is 0 Å². The lowest BCUT2D eigenvalue weighted by Crippen LogP contribution is -1.81. The molecule has 1 rings (SSSR count). The first-order valence-electron chi connectivity index (χ1n) is 3.26. The van der Waals surface area contributed by atoms with Crippen LogP contribution in [0.2, 0.25) is 0 Å². The van der Waals surface area contributed by atoms with Gasteiger partial charge < -0.3 is 0 Å². The fourth-order valence-electron chi connectivity index (χ4n) is 0.600. The zero-order chi connectivity index (χ0) is 8.97. The summed E-state index contributed by atoms with van der Waals surface area (Å²) in [6.07, 6.45) is 1.79. The molecular weight excluding hydrogens is 302 g/mol. The van der Waals surface area contributed by atoms with Crippen molar-refractivity contribution in [3.8, 4) is 0 Å². The minimum absolute atomic E-state index is 0.856. The van der Waals surface area contributed by atoms with E-state index in [2.05, 4.69) is 43.4 Å². The number of halogens is 2. The molecule has 0 unspecified atom stereocenters. The van der Waals surface area contributed by atoms with Crippen molar-refractivity contribution in [2.24, 2.45) is 0 Å². The van der Waals surface area contributed by atoms with Gasteiger partial charge in [-0.1, -0.05) is 22.5 Å². The number of hydrogen-bond acceptors (Lipinski definition) is 2. The topological polar surface area (TPSA) is 12.9 Å². The monoisotopic (exact) mass is 307 g/mol. The second-order valence-corrected chi connectivity index (χ2v) is 5.15. The molecule has 4 heteroatoms. The summed E-state index contributed by atoms with van der Waals surface area (Å²) in [6.45, 7) is 3.75. The van der Waals surface area contributed by atoms with Gasteiger partial charge in [-0.15, -0.1) is 11.8 Å². The quantitative estimate of drug-likeness (QED) is 0.787. The van der Waals surface area contributed by atoms with Crippen LogP contribution in [-0.2, 0) is 0 Å². The molecule has 0 aliphatic heterocycles. The van der Waals surface area contributed by atoms with E-state index in [1.807, 2.05) is 12.1 Å². The molecule has 1 nitrogen and oxygen atoms in total. The zero-order valence-electron chi connectivity index (χ0n) is 6.26. The van der Waals surface area contributed by atoms with E-state index in [0.717, 1.165) is 19.7 Å². The summed E-state index contributed by atoms with van der Waals surface area (Å²) >= 11 is 8.28. The molecular formula is C8H7Br2NS. The molecule has 0 aliphatic carbocycles. The highest BCUT2D eigenvalue weighted by Gasteiger charge is 1.95. The van der Waals surface area contributed by atoms with Crippen LogP contribution in [-0.4, -0.2) is 10.7 Å². The number of hydrogen-bond donors (Lipinski definition) is 0. The average Bonchev–Trinajstić information content (AvgIpc) is 2.03. The highest BCUT2D eigenvalue weighted by molar-refractivity contribution is 9.11. The molecule has 64 valence electrons. The minimum atomic E-state index is 0.856. The molecule has 1 heterocycles. The van der Waals surface area contributed by atoms with Gasteiger partial charge in [0.25, 0.3) is 0 Å². The van der Waals surface area contributed by atoms with Gasteiger partial charge in [0.1, 0.15) is 0 Å². The summed E-state index contributed by atoms with van der Waals surface area (Å²) in [7, 11) is 0. The van der Waals surface area contributed by atoms with Crippen molar-refractivity contribution in [2.75, 3.05) is 5.75 Å². The first-order chi connectivity index (χ1) is 5.68. The van der Waals surface area contributed by atoms with Gasteiger partial charge in [0.2, 0.25) is 0 Å². The van der Waals surface area contributed by atoms with Crippen LogP contribution in [0.5, 0.6) is 0 Å². The highest BCUT2D eigenvalue weighted by atomic mass is 79.9. The van der Waals surface area contributed by atoms with Crippen LogP contribution in [0.1, 0.15) is 0 Å². The summed E-state index contributed by atoms with van der Waals surface area (Å²) in [5.74, 6) is 0.856. The average molecular weight is 309 g/mol. The number of aromatic nitrogens is 1. The minimum Gasteiger partial charge on any atom is -0.249 e. The van der Waals surface area contributed by atoms with Crippen LogP contribution in [0.4, 0.5) is 0 Å². The molecule has 0 fully saturated rings. The van der Waals surface area contributed by atoms with Gasteiger partial charge in [0.05, 0.1) is 5.03 Å². The molecule has 0 spiro atoms. The molecule has 0 aliphatic rings. The van der Waals surface area contributed by atoms with E-state index in [0.29, 0.717) is 0 Å². The van der Waals surface area contributed by atoms with Crippen molar-refractivity contribution in [1.29, 1.82) is 0 Å². The smallest absolute Gasteiger partial charge is 0.0964 e. The van der Waals surface area contributed by atoms with E-state index in [9.17, 15) is 0 Å². The SMILES string of the molecule is C=C(Br)CSc1ccc(Br)cn1. The fourth-order valence-corrected chi connectivity index (χ4v) is 1.77. The van der Waals surface area contributed by atoms with E-state index in [-0.39, 0.29) is 0 Å². The summed E-state index contributed by atoms with van der Waals surface area (Å²) in [5.41, 5.74) is 0. The number of rotatable bonds is 3. The fraction of sp³-hybridized carbons (Fsp3) is 0.125. The molecule has 1 aromatic heterocycles. The predicted octanol–water partition coefficient (Wildman–Crippen LogP) is 3.84. The van der Waals surface area contributed by atoms with Crippen LogP contribution in [0, 0.1) is 0 Å². The Morgan fingerprint density at radius 1 is 1.58 bits per heavy atom. The molecule has 0 aromatic carbocycles. The maximum atomic E-state index is 4.20. The Morgan fingerprint density at radius 2 is 2.33 bits per heavy atom. The lowest BCUT2D eigenvalue weighted by Gasteiger charge is -1.98. The maximum Gasteiger partial charge on any atom is 0.0964 e. The predicted molar refractivity (Wildman–Crippen MR) is 60.7 cm³/mol. The van der Waals surface area contributed by atoms with Gasteiger partial charge in [0, 0.05) is 16.4 Å². The van der Waals surface area contributed by atoms with Crippen LogP contribution in [0.25, 0.3) is 0 Å². The van der Waals surface area contributed by atoms with Gasteiger partial charge in [-0.2, -0.15) is 0 Å². The van der Waals surface area contributed by atoms with Crippen molar-refractivity contribution >= 4 is 43.6 Å². The van der Waals surface area contributed by atoms with E-state index >= 15 is 0 Å². The standard InChI is InChI=1S/C8H7Br2NS/c1-6(9)5-12-8-3-2-7(10)4-11-8/h2-4H,1,5H2. The molecule has 0 bridgehead atoms. The van der Waals surface area contributed by atoms with Crippen molar-refractivity contribution in [3.05, 3.63) is 33.9 Å². The normalized spacial score (nSPS) is 9.83. The van der Waals surface area contributed by atoms with Gasteiger partial charge in [-0.3, -0.25) is 0 Å². The molecule has 1 aromatic rings. The third kappa shape index (κ3) is 3.74. The van der Waals surface area contributed by atoms with Crippen LogP contribution in [0.3, 0.4) is 0 Å². The lowest BCUT2D eigenvalue weighted by atomic mass is 10.5. The Morgan fingerprint density at radius 3 is 2.83 bits per heavy atom. The third-order valence-corrected chi connectivity index (χ3v) is 3.23. The largest absolute Gasteiger partial charge is 0.249 e. The van der Waals surface area contributed by atoms with Gasteiger partial charge >= 0.3 is 0 Å². The Labute approximate surface area is 92.9 Å². The Kier molecular flexibility index (Phi) is 4.32. The second kappa shape index (κ2) is 5.04. The molecule has 0 saturated carbocycles. The summed E-state index contributed by atoms with van der Waals surface area (Å²) < 4.78 is 1.99. The summed E-state index contributed by atoms with van der Waals surface area (Å²) in [6, 6.07) is 3.96. The van der Waals surface area contributed by atoms with Gasteiger partial charge in [-0.05, 0) is 32.5 Å². The molecule has 0 atom stereocenters. The molecule has 0 amide bonds. The highest BCUT2D eigenvalue weighted by Crippen LogP contribution is 2.20. The Balaban J connectivity index is 2.53. The van der Waals surface area contributed by atoms with Crippen molar-refractivity contribution in [2.45, 2.75) is 5.03 Å². The number of pyridine rings is 1. The van der Waals surface area contributed by atoms with Crippen molar-refractivity contribution < 1.29 is 0 Å². The zero-order valence-corrected chi connectivity index (χ0v) is 10.2. The molecule has 0 radical (unpaired) electrons. The molecule has 0 N–H and O–H groups in total. The van der Waals surface area contributed by atoms with Crippen LogP contribution in [0.15, 0.2) is 38.9 Å². The molecule has 0 saturated heterocycles. The van der Waals surface area contributed by atoms with E-state index in [1.54, 1.807) is 18.0 Å². The number of thioether (sulfide) groups is 1. The van der Waals surface area contributed by atoms with Crippen molar-refractivity contribution in [1.82, 2.24) is 4.98 Å². The summed E-state index contributed by atoms with van der Waals surface area (Å²) in [4.78, 5) is 4.20. The van der Waals surface area contributed by atoms with Gasteiger partial charge in [-0.25, -0.2) is 4.98 Å². The molecule has 12 heavy (non-hydrogen) atoms. The van der Waals surface area contributed by atoms with E-state index < -0.39 is 0 Å². The maximum absolute atomic E-state index is 4.20. The number of nitrogens with zero attached hydrogens (tertiary/aromatic N) is 1. The van der Waals surface area contributed by atoms with E-state index in [1.165, 1.54) is 0 Å². The van der Waals surface area contributed by atoms with Gasteiger partial charge in [0.15, 0.2) is 0 Å². The third-order valence-electron chi connectivity index (χ3n) is 1.08.